The van der Waals surface area contributed by atoms with Gasteiger partial charge in [-0.3, -0.25) is 0 Å². The maximum absolute atomic E-state index is 3.68. The first-order chi connectivity index (χ1) is 7.54. The Bertz CT molecular complexity index is 181. The van der Waals surface area contributed by atoms with Crippen LogP contribution in [0.25, 0.3) is 0 Å². The van der Waals surface area contributed by atoms with Gasteiger partial charge in [-0.25, -0.2) is 0 Å². The lowest BCUT2D eigenvalue weighted by atomic mass is 10.0. The van der Waals surface area contributed by atoms with Gasteiger partial charge in [-0.05, 0) is 30.7 Å². The molecular weight excluding hydrogens is 196 g/mol. The maximum atomic E-state index is 3.68. The highest BCUT2D eigenvalue weighted by Crippen LogP contribution is 2.22. The Labute approximate surface area is 102 Å². The molecule has 0 spiro atoms. The lowest BCUT2D eigenvalue weighted by molar-refractivity contribution is 0.247. The average molecular weight is 226 g/mol. The van der Waals surface area contributed by atoms with Gasteiger partial charge < -0.3 is 10.2 Å². The van der Waals surface area contributed by atoms with Crippen LogP contribution in [-0.4, -0.2) is 37.1 Å². The summed E-state index contributed by atoms with van der Waals surface area (Å²) in [5.41, 5.74) is 0. The van der Waals surface area contributed by atoms with Crippen molar-refractivity contribution >= 4 is 0 Å². The molecule has 96 valence electrons. The van der Waals surface area contributed by atoms with E-state index in [9.17, 15) is 0 Å². The van der Waals surface area contributed by atoms with Crippen LogP contribution in [0.2, 0.25) is 0 Å². The highest BCUT2D eigenvalue weighted by Gasteiger charge is 2.28. The van der Waals surface area contributed by atoms with Gasteiger partial charge in [0.2, 0.25) is 0 Å². The Morgan fingerprint density at radius 3 is 2.19 bits per heavy atom. The van der Waals surface area contributed by atoms with Crippen molar-refractivity contribution < 1.29 is 0 Å². The van der Waals surface area contributed by atoms with Gasteiger partial charge in [0.1, 0.15) is 0 Å². The summed E-state index contributed by atoms with van der Waals surface area (Å²) in [5.74, 6) is 2.48. The average Bonchev–Trinajstić information content (AvgIpc) is 2.52. The molecule has 1 fully saturated rings. The molecular formula is C14H30N2. The number of hydrogen-bond donors (Lipinski definition) is 1. The second kappa shape index (κ2) is 6.61. The Hall–Kier alpha value is -0.0800. The van der Waals surface area contributed by atoms with Crippen molar-refractivity contribution in [2.24, 2.45) is 17.8 Å². The smallest absolute Gasteiger partial charge is 0.0217 e. The molecule has 3 atom stereocenters. The lowest BCUT2D eigenvalue weighted by Gasteiger charge is -2.27. The zero-order chi connectivity index (χ0) is 12.1. The molecule has 1 N–H and O–H groups in total. The summed E-state index contributed by atoms with van der Waals surface area (Å²) in [6.45, 7) is 16.6. The van der Waals surface area contributed by atoms with Crippen molar-refractivity contribution in [1.29, 1.82) is 0 Å². The fourth-order valence-corrected chi connectivity index (χ4v) is 2.52. The van der Waals surface area contributed by atoms with Crippen LogP contribution in [0.1, 0.15) is 41.0 Å². The minimum absolute atomic E-state index is 0.664. The van der Waals surface area contributed by atoms with Gasteiger partial charge in [-0.15, -0.1) is 0 Å². The normalized spacial score (nSPS) is 28.9. The Morgan fingerprint density at radius 2 is 1.75 bits per heavy atom. The third kappa shape index (κ3) is 4.06. The van der Waals surface area contributed by atoms with Crippen LogP contribution in [0.15, 0.2) is 0 Å². The molecule has 2 heteroatoms. The molecule has 1 heterocycles. The van der Waals surface area contributed by atoms with E-state index in [4.69, 9.17) is 0 Å². The van der Waals surface area contributed by atoms with E-state index in [0.29, 0.717) is 6.04 Å². The monoisotopic (exact) mass is 226 g/mol. The van der Waals surface area contributed by atoms with E-state index in [1.54, 1.807) is 0 Å². The molecule has 16 heavy (non-hydrogen) atoms. The summed E-state index contributed by atoms with van der Waals surface area (Å²) in [4.78, 5) is 2.64. The Kier molecular flexibility index (Phi) is 5.77. The third-order valence-electron chi connectivity index (χ3n) is 3.98. The van der Waals surface area contributed by atoms with Crippen molar-refractivity contribution in [3.05, 3.63) is 0 Å². The summed E-state index contributed by atoms with van der Waals surface area (Å²) in [6, 6.07) is 0.664. The Balaban J connectivity index is 2.37. The van der Waals surface area contributed by atoms with Crippen LogP contribution < -0.4 is 5.32 Å². The van der Waals surface area contributed by atoms with Crippen molar-refractivity contribution in [2.45, 2.75) is 47.1 Å². The number of nitrogens with zero attached hydrogens (tertiary/aromatic N) is 1. The second-order valence-electron chi connectivity index (χ2n) is 5.98. The summed E-state index contributed by atoms with van der Waals surface area (Å²) >= 11 is 0. The summed E-state index contributed by atoms with van der Waals surface area (Å²) < 4.78 is 0. The van der Waals surface area contributed by atoms with E-state index in [1.807, 2.05) is 0 Å². The molecule has 0 aromatic carbocycles. The third-order valence-corrected chi connectivity index (χ3v) is 3.98. The van der Waals surface area contributed by atoms with Crippen LogP contribution in [0.4, 0.5) is 0 Å². The molecule has 0 aromatic rings. The highest BCUT2D eigenvalue weighted by molar-refractivity contribution is 4.83. The molecule has 0 aliphatic carbocycles. The standard InChI is InChI=1S/C14H30N2/c1-6-7-15-14(11(2)3)10-16-8-12(4)13(5)9-16/h11-15H,6-10H2,1-5H3. The number of rotatable bonds is 6. The first kappa shape index (κ1) is 14.0. The molecule has 1 aliphatic heterocycles. The SMILES string of the molecule is CCCNC(CN1CC(C)C(C)C1)C(C)C. The molecule has 0 bridgehead atoms. The van der Waals surface area contributed by atoms with Gasteiger partial charge >= 0.3 is 0 Å². The minimum Gasteiger partial charge on any atom is -0.312 e. The molecule has 1 rings (SSSR count). The van der Waals surface area contributed by atoms with Crippen molar-refractivity contribution in [3.8, 4) is 0 Å². The summed E-state index contributed by atoms with van der Waals surface area (Å²) in [7, 11) is 0. The predicted octanol–water partition coefficient (Wildman–Crippen LogP) is 2.60. The first-order valence-electron chi connectivity index (χ1n) is 7.00. The van der Waals surface area contributed by atoms with E-state index in [1.165, 1.54) is 26.1 Å². The quantitative estimate of drug-likeness (QED) is 0.749. The van der Waals surface area contributed by atoms with Crippen molar-refractivity contribution in [1.82, 2.24) is 10.2 Å². The van der Waals surface area contributed by atoms with Crippen LogP contribution in [0, 0.1) is 17.8 Å². The van der Waals surface area contributed by atoms with Crippen LogP contribution in [-0.2, 0) is 0 Å². The zero-order valence-corrected chi connectivity index (χ0v) is 11.8. The van der Waals surface area contributed by atoms with Gasteiger partial charge in [0.15, 0.2) is 0 Å². The number of nitrogens with one attached hydrogen (secondary N) is 1. The predicted molar refractivity (Wildman–Crippen MR) is 71.7 cm³/mol. The van der Waals surface area contributed by atoms with E-state index >= 15 is 0 Å². The molecule has 1 aliphatic rings. The molecule has 0 saturated carbocycles. The zero-order valence-electron chi connectivity index (χ0n) is 11.8. The maximum Gasteiger partial charge on any atom is 0.0217 e. The fraction of sp³-hybridized carbons (Fsp3) is 1.00. The van der Waals surface area contributed by atoms with E-state index in [2.05, 4.69) is 44.8 Å². The van der Waals surface area contributed by atoms with Gasteiger partial charge in [0, 0.05) is 25.7 Å². The number of likely N-dealkylation sites (tertiary alicyclic amines) is 1. The van der Waals surface area contributed by atoms with Gasteiger partial charge in [-0.2, -0.15) is 0 Å². The van der Waals surface area contributed by atoms with Crippen molar-refractivity contribution in [3.63, 3.8) is 0 Å². The molecule has 1 saturated heterocycles. The number of hydrogen-bond acceptors (Lipinski definition) is 2. The lowest BCUT2D eigenvalue weighted by Crippen LogP contribution is -2.44. The van der Waals surface area contributed by atoms with Crippen LogP contribution >= 0.6 is 0 Å². The topological polar surface area (TPSA) is 15.3 Å². The summed E-state index contributed by atoms with van der Waals surface area (Å²) in [6.07, 6.45) is 1.23. The van der Waals surface area contributed by atoms with Gasteiger partial charge in [-0.1, -0.05) is 34.6 Å². The van der Waals surface area contributed by atoms with Crippen LogP contribution in [0.5, 0.6) is 0 Å². The van der Waals surface area contributed by atoms with Crippen molar-refractivity contribution in [2.75, 3.05) is 26.2 Å². The largest absolute Gasteiger partial charge is 0.312 e. The first-order valence-corrected chi connectivity index (χ1v) is 7.00. The molecule has 3 unspecified atom stereocenters. The molecule has 2 nitrogen and oxygen atoms in total. The molecule has 0 radical (unpaired) electrons. The fourth-order valence-electron chi connectivity index (χ4n) is 2.52. The molecule has 0 aromatic heterocycles. The van der Waals surface area contributed by atoms with Gasteiger partial charge in [0.25, 0.3) is 0 Å². The Morgan fingerprint density at radius 1 is 1.19 bits per heavy atom. The second-order valence-corrected chi connectivity index (χ2v) is 5.98. The minimum atomic E-state index is 0.664. The van der Waals surface area contributed by atoms with E-state index in [-0.39, 0.29) is 0 Å². The van der Waals surface area contributed by atoms with Crippen LogP contribution in [0.3, 0.4) is 0 Å². The molecule has 0 amide bonds. The highest BCUT2D eigenvalue weighted by atomic mass is 15.2. The van der Waals surface area contributed by atoms with E-state index < -0.39 is 0 Å². The summed E-state index contributed by atoms with van der Waals surface area (Å²) in [5, 5.41) is 3.68. The van der Waals surface area contributed by atoms with E-state index in [0.717, 1.165) is 24.3 Å². The van der Waals surface area contributed by atoms with Gasteiger partial charge in [0.05, 0.1) is 0 Å².